The van der Waals surface area contributed by atoms with Crippen LogP contribution in [0.2, 0.25) is 0 Å². The molecule has 3 aromatic rings. The number of nitrogens with one attached hydrogen (secondary N) is 1. The molecule has 1 unspecified atom stereocenters. The highest BCUT2D eigenvalue weighted by atomic mass is 19.4. The number of anilines is 2. The second-order valence-electron chi connectivity index (χ2n) is 5.77. The van der Waals surface area contributed by atoms with Crippen LogP contribution in [-0.4, -0.2) is 43.5 Å². The Morgan fingerprint density at radius 1 is 1.08 bits per heavy atom. The van der Waals surface area contributed by atoms with Gasteiger partial charge in [-0.3, -0.25) is 0 Å². The summed E-state index contributed by atoms with van der Waals surface area (Å²) in [5.74, 6) is 0.927. The first-order valence-corrected chi connectivity index (χ1v) is 7.69. The quantitative estimate of drug-likeness (QED) is 0.782. The zero-order chi connectivity index (χ0) is 17.4. The number of imidazole rings is 1. The number of rotatable bonds is 3. The lowest BCUT2D eigenvalue weighted by Gasteiger charge is -2.18. The summed E-state index contributed by atoms with van der Waals surface area (Å²) in [5.41, 5.74) is -0.201. The van der Waals surface area contributed by atoms with Crippen molar-refractivity contribution in [2.75, 3.05) is 23.3 Å². The number of hydrogen-bond donors (Lipinski definition) is 1. The Bertz CT molecular complexity index is 892. The van der Waals surface area contributed by atoms with Crippen LogP contribution in [-0.2, 0) is 6.18 Å². The molecule has 25 heavy (non-hydrogen) atoms. The van der Waals surface area contributed by atoms with E-state index in [-0.39, 0.29) is 11.9 Å². The van der Waals surface area contributed by atoms with E-state index in [2.05, 4.69) is 30.2 Å². The molecule has 1 fully saturated rings. The SMILES string of the molecule is FC(F)(F)c1cc(NC2CCN(c3nccn4ccnc34)C2)ncn1. The topological polar surface area (TPSA) is 71.2 Å². The van der Waals surface area contributed by atoms with E-state index in [4.69, 9.17) is 0 Å². The van der Waals surface area contributed by atoms with Gasteiger partial charge in [-0.25, -0.2) is 19.9 Å². The fourth-order valence-corrected chi connectivity index (χ4v) is 2.93. The first-order valence-electron chi connectivity index (χ1n) is 7.69. The van der Waals surface area contributed by atoms with E-state index in [1.807, 2.05) is 16.8 Å². The van der Waals surface area contributed by atoms with E-state index in [1.54, 1.807) is 12.4 Å². The van der Waals surface area contributed by atoms with Gasteiger partial charge in [0.05, 0.1) is 0 Å². The number of hydrogen-bond acceptors (Lipinski definition) is 6. The van der Waals surface area contributed by atoms with Crippen LogP contribution < -0.4 is 10.2 Å². The number of alkyl halides is 3. The van der Waals surface area contributed by atoms with E-state index in [1.165, 1.54) is 0 Å². The fraction of sp³-hybridized carbons (Fsp3) is 0.333. The molecular weight excluding hydrogens is 335 g/mol. The van der Waals surface area contributed by atoms with Gasteiger partial charge >= 0.3 is 6.18 Å². The van der Waals surface area contributed by atoms with E-state index < -0.39 is 11.9 Å². The van der Waals surface area contributed by atoms with Crippen molar-refractivity contribution in [2.24, 2.45) is 0 Å². The maximum atomic E-state index is 12.7. The van der Waals surface area contributed by atoms with Crippen LogP contribution in [0.1, 0.15) is 12.1 Å². The van der Waals surface area contributed by atoms with E-state index >= 15 is 0 Å². The molecular formula is C15H14F3N7. The predicted octanol–water partition coefficient (Wildman–Crippen LogP) is 2.23. The summed E-state index contributed by atoms with van der Waals surface area (Å²) in [6.07, 6.45) is 4.25. The minimum absolute atomic E-state index is 0.0343. The first-order chi connectivity index (χ1) is 12.0. The van der Waals surface area contributed by atoms with Gasteiger partial charge in [-0.1, -0.05) is 0 Å². The van der Waals surface area contributed by atoms with Crippen LogP contribution in [0.15, 0.2) is 37.2 Å². The molecule has 10 heteroatoms. The van der Waals surface area contributed by atoms with Gasteiger partial charge in [0.15, 0.2) is 11.5 Å². The summed E-state index contributed by atoms with van der Waals surface area (Å²) in [6, 6.07) is 0.893. The maximum absolute atomic E-state index is 12.7. The van der Waals surface area contributed by atoms with Gasteiger partial charge in [0.2, 0.25) is 0 Å². The monoisotopic (exact) mass is 349 g/mol. The first kappa shape index (κ1) is 15.6. The van der Waals surface area contributed by atoms with Gasteiger partial charge in [-0.15, -0.1) is 0 Å². The molecule has 7 nitrogen and oxygen atoms in total. The summed E-state index contributed by atoms with van der Waals surface area (Å²) in [4.78, 5) is 17.9. The highest BCUT2D eigenvalue weighted by molar-refractivity contribution is 5.64. The van der Waals surface area contributed by atoms with Crippen molar-refractivity contribution in [2.45, 2.75) is 18.6 Å². The van der Waals surface area contributed by atoms with E-state index in [9.17, 15) is 13.2 Å². The second kappa shape index (κ2) is 5.87. The smallest absolute Gasteiger partial charge is 0.365 e. The summed E-state index contributed by atoms with van der Waals surface area (Å²) >= 11 is 0. The zero-order valence-electron chi connectivity index (χ0n) is 13.0. The molecule has 0 aromatic carbocycles. The van der Waals surface area contributed by atoms with Crippen LogP contribution >= 0.6 is 0 Å². The molecule has 4 rings (SSSR count). The molecule has 0 aliphatic carbocycles. The van der Waals surface area contributed by atoms with Crippen molar-refractivity contribution >= 4 is 17.3 Å². The van der Waals surface area contributed by atoms with E-state index in [0.717, 1.165) is 36.8 Å². The number of fused-ring (bicyclic) bond motifs is 1. The predicted molar refractivity (Wildman–Crippen MR) is 84.3 cm³/mol. The van der Waals surface area contributed by atoms with Crippen molar-refractivity contribution < 1.29 is 13.2 Å². The molecule has 0 spiro atoms. The van der Waals surface area contributed by atoms with Crippen LogP contribution in [0.5, 0.6) is 0 Å². The molecule has 130 valence electrons. The van der Waals surface area contributed by atoms with Crippen molar-refractivity contribution in [1.82, 2.24) is 24.3 Å². The molecule has 1 N–H and O–H groups in total. The van der Waals surface area contributed by atoms with E-state index in [0.29, 0.717) is 6.54 Å². The van der Waals surface area contributed by atoms with Gasteiger partial charge in [-0.05, 0) is 6.42 Å². The highest BCUT2D eigenvalue weighted by Gasteiger charge is 2.33. The third kappa shape index (κ3) is 3.06. The molecule has 1 atom stereocenters. The average molecular weight is 349 g/mol. The highest BCUT2D eigenvalue weighted by Crippen LogP contribution is 2.29. The Morgan fingerprint density at radius 3 is 2.68 bits per heavy atom. The molecule has 0 radical (unpaired) electrons. The van der Waals surface area contributed by atoms with Gasteiger partial charge in [0.25, 0.3) is 0 Å². The van der Waals surface area contributed by atoms with Crippen LogP contribution in [0.25, 0.3) is 5.65 Å². The largest absolute Gasteiger partial charge is 0.433 e. The molecule has 1 saturated heterocycles. The third-order valence-corrected chi connectivity index (χ3v) is 4.09. The lowest BCUT2D eigenvalue weighted by molar-refractivity contribution is -0.141. The molecule has 0 amide bonds. The van der Waals surface area contributed by atoms with Crippen molar-refractivity contribution in [3.05, 3.63) is 42.9 Å². The van der Waals surface area contributed by atoms with Crippen LogP contribution in [0, 0.1) is 0 Å². The van der Waals surface area contributed by atoms with Crippen molar-refractivity contribution in [3.8, 4) is 0 Å². The molecule has 0 saturated carbocycles. The normalized spacial score (nSPS) is 18.0. The van der Waals surface area contributed by atoms with Crippen LogP contribution in [0.3, 0.4) is 0 Å². The van der Waals surface area contributed by atoms with Crippen LogP contribution in [0.4, 0.5) is 24.8 Å². The molecule has 0 bridgehead atoms. The lowest BCUT2D eigenvalue weighted by Crippen LogP contribution is -2.27. The number of aromatic nitrogens is 5. The number of halogens is 3. The minimum Gasteiger partial charge on any atom is -0.365 e. The summed E-state index contributed by atoms with van der Waals surface area (Å²) in [5, 5.41) is 3.05. The summed E-state index contributed by atoms with van der Waals surface area (Å²) in [6.45, 7) is 1.33. The van der Waals surface area contributed by atoms with Gasteiger partial charge in [0, 0.05) is 50.0 Å². The standard InChI is InChI=1S/C15H14F3N7/c16-15(17,18)11-7-12(22-9-21-11)23-10-1-4-25(8-10)14-13-19-2-5-24(13)6-3-20-14/h2-3,5-7,9-10H,1,4,8H2,(H,21,22,23). The van der Waals surface area contributed by atoms with Gasteiger partial charge in [0.1, 0.15) is 17.8 Å². The Labute approximate surface area is 140 Å². The Hall–Kier alpha value is -2.91. The molecule has 1 aliphatic rings. The minimum atomic E-state index is -4.48. The lowest BCUT2D eigenvalue weighted by atomic mass is 10.2. The van der Waals surface area contributed by atoms with Crippen molar-refractivity contribution in [3.63, 3.8) is 0 Å². The molecule has 3 aromatic heterocycles. The molecule has 1 aliphatic heterocycles. The Morgan fingerprint density at radius 2 is 1.88 bits per heavy atom. The zero-order valence-corrected chi connectivity index (χ0v) is 13.0. The summed E-state index contributed by atoms with van der Waals surface area (Å²) in [7, 11) is 0. The Kier molecular flexibility index (Phi) is 3.66. The third-order valence-electron chi connectivity index (χ3n) is 4.09. The van der Waals surface area contributed by atoms with Crippen molar-refractivity contribution in [1.29, 1.82) is 0 Å². The number of nitrogens with zero attached hydrogens (tertiary/aromatic N) is 6. The average Bonchev–Trinajstić information content (AvgIpc) is 3.23. The molecule has 4 heterocycles. The van der Waals surface area contributed by atoms with Gasteiger partial charge in [-0.2, -0.15) is 13.2 Å². The second-order valence-corrected chi connectivity index (χ2v) is 5.77. The Balaban J connectivity index is 1.49. The summed E-state index contributed by atoms with van der Waals surface area (Å²) < 4.78 is 40.1. The maximum Gasteiger partial charge on any atom is 0.433 e. The van der Waals surface area contributed by atoms with Gasteiger partial charge < -0.3 is 14.6 Å². The fourth-order valence-electron chi connectivity index (χ4n) is 2.93.